The molecule has 0 aromatic heterocycles. The number of hydrogen-bond donors (Lipinski definition) is 3. The van der Waals surface area contributed by atoms with Gasteiger partial charge in [-0.2, -0.15) is 0 Å². The Balaban J connectivity index is 0.00000132. The smallest absolute Gasteiger partial charge is 0.0577 e. The molecule has 0 bridgehead atoms. The lowest BCUT2D eigenvalue weighted by molar-refractivity contribution is -0.0533. The average molecular weight is 435 g/mol. The van der Waals surface area contributed by atoms with Crippen LogP contribution in [0.3, 0.4) is 0 Å². The molecule has 0 aromatic rings. The highest BCUT2D eigenvalue weighted by Gasteiger charge is 2.60. The third-order valence-corrected chi connectivity index (χ3v) is 10.1. The summed E-state index contributed by atoms with van der Waals surface area (Å²) < 4.78 is 0. The van der Waals surface area contributed by atoms with E-state index in [1.54, 1.807) is 0 Å². The first-order valence-corrected chi connectivity index (χ1v) is 13.5. The number of allylic oxidation sites excluding steroid dienone is 1. The highest BCUT2D eigenvalue weighted by atomic mass is 16.3. The quantitative estimate of drug-likeness (QED) is 0.349. The van der Waals surface area contributed by atoms with Crippen molar-refractivity contribution in [3.63, 3.8) is 0 Å². The molecule has 0 saturated heterocycles. The van der Waals surface area contributed by atoms with Crippen LogP contribution in [0.1, 0.15) is 105 Å². The molecule has 0 amide bonds. The van der Waals surface area contributed by atoms with Gasteiger partial charge in [-0.15, -0.1) is 0 Å². The lowest BCUT2D eigenvalue weighted by Crippen LogP contribution is -2.50. The van der Waals surface area contributed by atoms with Crippen molar-refractivity contribution in [2.45, 2.75) is 117 Å². The van der Waals surface area contributed by atoms with Crippen molar-refractivity contribution < 1.29 is 15.3 Å². The van der Waals surface area contributed by atoms with Crippen molar-refractivity contribution in [1.29, 1.82) is 0 Å². The summed E-state index contributed by atoms with van der Waals surface area (Å²) >= 11 is 0. The van der Waals surface area contributed by atoms with Crippen LogP contribution in [0.4, 0.5) is 0 Å². The highest BCUT2D eigenvalue weighted by molar-refractivity contribution is 5.25. The zero-order valence-corrected chi connectivity index (χ0v) is 20.9. The van der Waals surface area contributed by atoms with Gasteiger partial charge in [0.1, 0.15) is 0 Å². The zero-order valence-electron chi connectivity index (χ0n) is 20.9. The van der Waals surface area contributed by atoms with Crippen LogP contribution in [0.25, 0.3) is 0 Å². The fraction of sp³-hybridized carbons (Fsp3) is 0.929. The molecule has 0 heterocycles. The van der Waals surface area contributed by atoms with E-state index >= 15 is 0 Å². The number of aliphatic hydroxyl groups is 3. The normalized spacial score (nSPS) is 44.8. The Morgan fingerprint density at radius 3 is 2.52 bits per heavy atom. The fourth-order valence-electron chi connectivity index (χ4n) is 8.23. The van der Waals surface area contributed by atoms with Crippen LogP contribution in [0, 0.1) is 40.4 Å². The van der Waals surface area contributed by atoms with Crippen molar-refractivity contribution in [1.82, 2.24) is 0 Å². The first-order chi connectivity index (χ1) is 14.8. The summed E-state index contributed by atoms with van der Waals surface area (Å²) in [6.07, 6.45) is 14.5. The zero-order chi connectivity index (χ0) is 22.8. The molecule has 0 aliphatic heterocycles. The van der Waals surface area contributed by atoms with Crippen molar-refractivity contribution >= 4 is 0 Å². The van der Waals surface area contributed by atoms with Crippen LogP contribution in [-0.4, -0.2) is 34.1 Å². The van der Waals surface area contributed by atoms with E-state index in [1.165, 1.54) is 31.3 Å². The molecule has 3 nitrogen and oxygen atoms in total. The predicted octanol–water partition coefficient (Wildman–Crippen LogP) is 6.11. The maximum Gasteiger partial charge on any atom is 0.0577 e. The van der Waals surface area contributed by atoms with Crippen molar-refractivity contribution in [2.75, 3.05) is 6.61 Å². The molecule has 0 spiro atoms. The summed E-state index contributed by atoms with van der Waals surface area (Å²) in [6, 6.07) is 0. The van der Waals surface area contributed by atoms with Crippen LogP contribution in [0.5, 0.6) is 0 Å². The molecular formula is C28H50O3. The second-order valence-corrected chi connectivity index (χ2v) is 11.7. The van der Waals surface area contributed by atoms with Crippen molar-refractivity contribution in [3.05, 3.63) is 11.6 Å². The Morgan fingerprint density at radius 1 is 1.06 bits per heavy atom. The van der Waals surface area contributed by atoms with E-state index in [2.05, 4.69) is 26.8 Å². The minimum absolute atomic E-state index is 0.133. The summed E-state index contributed by atoms with van der Waals surface area (Å²) in [5.74, 6) is 2.96. The monoisotopic (exact) mass is 434 g/mol. The molecule has 3 fully saturated rings. The van der Waals surface area contributed by atoms with E-state index in [0.29, 0.717) is 35.7 Å². The molecular weight excluding hydrogens is 384 g/mol. The second kappa shape index (κ2) is 10.3. The Morgan fingerprint density at radius 2 is 1.81 bits per heavy atom. The molecule has 9 atom stereocenters. The topological polar surface area (TPSA) is 60.7 Å². The third kappa shape index (κ3) is 4.66. The van der Waals surface area contributed by atoms with Crippen LogP contribution in [0.15, 0.2) is 11.6 Å². The van der Waals surface area contributed by atoms with Gasteiger partial charge in [-0.1, -0.05) is 59.1 Å². The Bertz CT molecular complexity index is 615. The van der Waals surface area contributed by atoms with Crippen LogP contribution in [0.2, 0.25) is 0 Å². The molecule has 3 heteroatoms. The fourth-order valence-corrected chi connectivity index (χ4v) is 8.23. The highest BCUT2D eigenvalue weighted by Crippen LogP contribution is 2.66. The maximum absolute atomic E-state index is 11.1. The van der Waals surface area contributed by atoms with Gasteiger partial charge < -0.3 is 15.3 Å². The first-order valence-electron chi connectivity index (χ1n) is 13.5. The largest absolute Gasteiger partial charge is 0.396 e. The van der Waals surface area contributed by atoms with E-state index in [-0.39, 0.29) is 17.6 Å². The molecule has 7 unspecified atom stereocenters. The molecule has 4 aliphatic carbocycles. The molecule has 4 rings (SSSR count). The predicted molar refractivity (Wildman–Crippen MR) is 129 cm³/mol. The lowest BCUT2D eigenvalue weighted by Gasteiger charge is -2.58. The van der Waals surface area contributed by atoms with E-state index < -0.39 is 0 Å². The van der Waals surface area contributed by atoms with E-state index in [0.717, 1.165) is 50.9 Å². The Kier molecular flexibility index (Phi) is 8.36. The summed E-state index contributed by atoms with van der Waals surface area (Å²) in [7, 11) is 0. The van der Waals surface area contributed by atoms with E-state index in [4.69, 9.17) is 0 Å². The minimum atomic E-state index is -0.134. The number of aliphatic hydroxyl groups excluding tert-OH is 3. The molecule has 180 valence electrons. The van der Waals surface area contributed by atoms with Crippen molar-refractivity contribution in [3.8, 4) is 0 Å². The molecule has 31 heavy (non-hydrogen) atoms. The summed E-state index contributed by atoms with van der Waals surface area (Å²) in [6.45, 7) is 11.4. The van der Waals surface area contributed by atoms with Crippen molar-refractivity contribution in [2.24, 2.45) is 40.4 Å². The molecule has 4 aliphatic rings. The molecule has 0 aromatic carbocycles. The Hall–Kier alpha value is -0.380. The molecule has 0 radical (unpaired) electrons. The standard InChI is InChI=1S/C26H44O3.C2H6/c1-17(16-27)6-4-5-7-22-24(29)15-23-20-9-8-18-14-19(28)10-12-25(18,2)21(20)11-13-26(22,23)3;1-2/h8,17,19-24,27-29H,4-7,9-16H2,1-3H3;1-2H3/t17?,19-,20?,21?,22?,23?,24-,25?,26?;/m0./s1. The van der Waals surface area contributed by atoms with Gasteiger partial charge in [0.05, 0.1) is 12.2 Å². The van der Waals surface area contributed by atoms with Gasteiger partial charge in [0.15, 0.2) is 0 Å². The number of rotatable bonds is 6. The minimum Gasteiger partial charge on any atom is -0.396 e. The SMILES string of the molecule is CC.CC(CO)CCCCC1[C@@H](O)CC2C3CC=C4C[C@@H](O)CCC4(C)C3CCC21C. The van der Waals surface area contributed by atoms with Gasteiger partial charge in [-0.3, -0.25) is 0 Å². The van der Waals surface area contributed by atoms with Gasteiger partial charge >= 0.3 is 0 Å². The summed E-state index contributed by atoms with van der Waals surface area (Å²) in [5, 5.41) is 30.5. The maximum atomic E-state index is 11.1. The number of hydrogen-bond acceptors (Lipinski definition) is 3. The molecule has 3 N–H and O–H groups in total. The van der Waals surface area contributed by atoms with Gasteiger partial charge in [0, 0.05) is 6.61 Å². The van der Waals surface area contributed by atoms with Crippen LogP contribution >= 0.6 is 0 Å². The van der Waals surface area contributed by atoms with E-state index in [9.17, 15) is 15.3 Å². The first kappa shape index (κ1) is 25.2. The van der Waals surface area contributed by atoms with E-state index in [1.807, 2.05) is 13.8 Å². The van der Waals surface area contributed by atoms with Crippen LogP contribution in [-0.2, 0) is 0 Å². The van der Waals surface area contributed by atoms with Gasteiger partial charge in [-0.05, 0) is 98.2 Å². The van der Waals surface area contributed by atoms with Crippen LogP contribution < -0.4 is 0 Å². The summed E-state index contributed by atoms with van der Waals surface area (Å²) in [5.41, 5.74) is 2.11. The average Bonchev–Trinajstić information content (AvgIpc) is 3.02. The van der Waals surface area contributed by atoms with Gasteiger partial charge in [0.2, 0.25) is 0 Å². The number of fused-ring (bicyclic) bond motifs is 5. The van der Waals surface area contributed by atoms with Gasteiger partial charge in [0.25, 0.3) is 0 Å². The third-order valence-electron chi connectivity index (χ3n) is 10.1. The Labute approximate surface area is 191 Å². The summed E-state index contributed by atoms with van der Waals surface area (Å²) in [4.78, 5) is 0. The van der Waals surface area contributed by atoms with Gasteiger partial charge in [-0.25, -0.2) is 0 Å². The number of unbranched alkanes of at least 4 members (excludes halogenated alkanes) is 1. The molecule has 3 saturated carbocycles. The lowest BCUT2D eigenvalue weighted by atomic mass is 9.47. The second-order valence-electron chi connectivity index (χ2n) is 11.7.